The van der Waals surface area contributed by atoms with Gasteiger partial charge in [-0.15, -0.1) is 0 Å². The maximum atomic E-state index is 12.6. The molecule has 0 aromatic heterocycles. The molecule has 2 aliphatic heterocycles. The van der Waals surface area contributed by atoms with Crippen LogP contribution in [0.25, 0.3) is 5.76 Å². The average Bonchev–Trinajstić information content (AvgIpc) is 3.11. The van der Waals surface area contributed by atoms with Crippen LogP contribution in [0.3, 0.4) is 0 Å². The first-order valence-corrected chi connectivity index (χ1v) is 7.18. The third-order valence-electron chi connectivity index (χ3n) is 3.94. The number of fused-ring (bicyclic) bond motifs is 2. The Kier molecular flexibility index (Phi) is 3.06. The van der Waals surface area contributed by atoms with Gasteiger partial charge in [-0.2, -0.15) is 0 Å². The Morgan fingerprint density at radius 2 is 1.42 bits per heavy atom. The zero-order valence-electron chi connectivity index (χ0n) is 12.9. The Morgan fingerprint density at radius 3 is 2.12 bits per heavy atom. The van der Waals surface area contributed by atoms with E-state index < -0.39 is 5.97 Å². The number of esters is 1. The molecule has 2 aromatic rings. The van der Waals surface area contributed by atoms with E-state index in [-0.39, 0.29) is 17.3 Å². The number of carbonyl (C=O) groups excluding carboxylic acids is 2. The monoisotopic (exact) mass is 324 g/mol. The van der Waals surface area contributed by atoms with E-state index in [0.29, 0.717) is 33.9 Å². The van der Waals surface area contributed by atoms with Crippen molar-refractivity contribution in [3.63, 3.8) is 0 Å². The molecule has 0 atom stereocenters. The molecular weight excluding hydrogens is 312 g/mol. The first-order valence-electron chi connectivity index (χ1n) is 7.18. The van der Waals surface area contributed by atoms with Gasteiger partial charge in [-0.3, -0.25) is 4.79 Å². The van der Waals surface area contributed by atoms with Crippen LogP contribution in [0.4, 0.5) is 0 Å². The van der Waals surface area contributed by atoms with Gasteiger partial charge >= 0.3 is 5.97 Å². The van der Waals surface area contributed by atoms with E-state index >= 15 is 0 Å². The number of allylic oxidation sites excluding steroid dienone is 1. The molecule has 0 aliphatic carbocycles. The molecule has 0 fully saturated rings. The van der Waals surface area contributed by atoms with Crippen molar-refractivity contribution in [2.24, 2.45) is 0 Å². The Hall–Kier alpha value is -3.28. The van der Waals surface area contributed by atoms with E-state index in [4.69, 9.17) is 18.9 Å². The fourth-order valence-electron chi connectivity index (χ4n) is 2.72. The van der Waals surface area contributed by atoms with Crippen molar-refractivity contribution in [1.82, 2.24) is 0 Å². The summed E-state index contributed by atoms with van der Waals surface area (Å²) < 4.78 is 21.2. The Bertz CT molecular complexity index is 925. The molecule has 0 bridgehead atoms. The van der Waals surface area contributed by atoms with E-state index in [9.17, 15) is 9.59 Å². The average molecular weight is 324 g/mol. The van der Waals surface area contributed by atoms with Crippen molar-refractivity contribution in [2.45, 2.75) is 0 Å². The molecule has 0 saturated carbocycles. The second kappa shape index (κ2) is 5.13. The van der Waals surface area contributed by atoms with Crippen molar-refractivity contribution >= 4 is 17.5 Å². The SMILES string of the molecule is COc1ccc2c(c1)OC(=C1OC(=O)c3ccc(OC)cc31)C2=O. The number of ketones is 1. The molecule has 2 heterocycles. The second-order valence-electron chi connectivity index (χ2n) is 5.25. The molecular formula is C18H12O6. The number of carbonyl (C=O) groups is 2. The minimum atomic E-state index is -0.528. The van der Waals surface area contributed by atoms with Crippen molar-refractivity contribution in [3.05, 3.63) is 58.8 Å². The highest BCUT2D eigenvalue weighted by molar-refractivity contribution is 6.18. The first kappa shape index (κ1) is 14.3. The second-order valence-corrected chi connectivity index (χ2v) is 5.25. The molecule has 0 N–H and O–H groups in total. The molecule has 6 heteroatoms. The smallest absolute Gasteiger partial charge is 0.344 e. The normalized spacial score (nSPS) is 17.9. The van der Waals surface area contributed by atoms with Crippen molar-refractivity contribution in [1.29, 1.82) is 0 Å². The van der Waals surface area contributed by atoms with Crippen LogP contribution in [0.15, 0.2) is 42.2 Å². The van der Waals surface area contributed by atoms with Gasteiger partial charge in [-0.1, -0.05) is 0 Å². The third kappa shape index (κ3) is 1.96. The fourth-order valence-corrected chi connectivity index (χ4v) is 2.72. The van der Waals surface area contributed by atoms with Gasteiger partial charge in [-0.05, 0) is 30.3 Å². The van der Waals surface area contributed by atoms with E-state index in [1.165, 1.54) is 14.2 Å². The van der Waals surface area contributed by atoms with E-state index in [2.05, 4.69) is 0 Å². The van der Waals surface area contributed by atoms with Crippen molar-refractivity contribution in [2.75, 3.05) is 14.2 Å². The molecule has 120 valence electrons. The van der Waals surface area contributed by atoms with Crippen LogP contribution in [0.1, 0.15) is 26.3 Å². The molecule has 0 amide bonds. The molecule has 4 rings (SSSR count). The molecule has 2 aliphatic rings. The lowest BCUT2D eigenvalue weighted by Crippen LogP contribution is -2.03. The summed E-state index contributed by atoms with van der Waals surface area (Å²) in [6, 6.07) is 9.80. The van der Waals surface area contributed by atoms with Crippen LogP contribution in [-0.2, 0) is 4.74 Å². The standard InChI is InChI=1S/C18H12O6/c1-21-9-3-5-11-13(7-9)16(24-18(11)20)17-15(19)12-6-4-10(22-2)8-14(12)23-17/h3-8H,1-2H3. The quantitative estimate of drug-likeness (QED) is 0.625. The number of benzene rings is 2. The number of hydrogen-bond donors (Lipinski definition) is 0. The van der Waals surface area contributed by atoms with Gasteiger partial charge in [0.25, 0.3) is 0 Å². The van der Waals surface area contributed by atoms with Crippen LogP contribution in [0.5, 0.6) is 17.2 Å². The molecule has 24 heavy (non-hydrogen) atoms. The predicted molar refractivity (Wildman–Crippen MR) is 83.3 cm³/mol. The van der Waals surface area contributed by atoms with Gasteiger partial charge < -0.3 is 18.9 Å². The van der Waals surface area contributed by atoms with Gasteiger partial charge in [0.1, 0.15) is 17.2 Å². The Morgan fingerprint density at radius 1 is 0.750 bits per heavy atom. The zero-order valence-corrected chi connectivity index (χ0v) is 12.9. The largest absolute Gasteiger partial charge is 0.497 e. The number of methoxy groups -OCH3 is 2. The lowest BCUT2D eigenvalue weighted by molar-refractivity contribution is 0.0710. The summed E-state index contributed by atoms with van der Waals surface area (Å²) in [5.41, 5.74) is 1.23. The van der Waals surface area contributed by atoms with Crippen molar-refractivity contribution in [3.8, 4) is 17.2 Å². The van der Waals surface area contributed by atoms with Crippen LogP contribution in [0.2, 0.25) is 0 Å². The summed E-state index contributed by atoms with van der Waals surface area (Å²) in [5, 5.41) is 0. The van der Waals surface area contributed by atoms with Gasteiger partial charge in [0.15, 0.2) is 5.76 Å². The minimum Gasteiger partial charge on any atom is -0.497 e. The van der Waals surface area contributed by atoms with E-state index in [1.807, 2.05) is 0 Å². The van der Waals surface area contributed by atoms with Crippen LogP contribution < -0.4 is 14.2 Å². The lowest BCUT2D eigenvalue weighted by Gasteiger charge is -2.05. The predicted octanol–water partition coefficient (Wildman–Crippen LogP) is 2.82. The van der Waals surface area contributed by atoms with E-state index in [1.54, 1.807) is 36.4 Å². The summed E-state index contributed by atoms with van der Waals surface area (Å²) >= 11 is 0. The summed E-state index contributed by atoms with van der Waals surface area (Å²) in [5.74, 6) is 0.709. The molecule has 0 spiro atoms. The van der Waals surface area contributed by atoms with Gasteiger partial charge in [0.05, 0.1) is 25.3 Å². The maximum absolute atomic E-state index is 12.6. The van der Waals surface area contributed by atoms with Gasteiger partial charge in [0, 0.05) is 11.6 Å². The number of hydrogen-bond acceptors (Lipinski definition) is 6. The summed E-state index contributed by atoms with van der Waals surface area (Å²) in [7, 11) is 3.05. The molecule has 6 nitrogen and oxygen atoms in total. The summed E-state index contributed by atoms with van der Waals surface area (Å²) in [6.45, 7) is 0. The minimum absolute atomic E-state index is 0.0152. The summed E-state index contributed by atoms with van der Waals surface area (Å²) in [6.07, 6.45) is 0. The lowest BCUT2D eigenvalue weighted by atomic mass is 10.0. The third-order valence-corrected chi connectivity index (χ3v) is 3.94. The summed E-state index contributed by atoms with van der Waals surface area (Å²) in [4.78, 5) is 24.6. The number of cyclic esters (lactones) is 1. The molecule has 0 unspecified atom stereocenters. The zero-order chi connectivity index (χ0) is 16.8. The highest BCUT2D eigenvalue weighted by atomic mass is 16.6. The topological polar surface area (TPSA) is 71.1 Å². The van der Waals surface area contributed by atoms with Crippen LogP contribution >= 0.6 is 0 Å². The maximum Gasteiger partial charge on any atom is 0.344 e. The fraction of sp³-hybridized carbons (Fsp3) is 0.111. The van der Waals surface area contributed by atoms with Crippen molar-refractivity contribution < 1.29 is 28.5 Å². The molecule has 0 radical (unpaired) electrons. The van der Waals surface area contributed by atoms with Crippen LogP contribution in [-0.4, -0.2) is 26.0 Å². The first-order chi connectivity index (χ1) is 11.6. The molecule has 2 aromatic carbocycles. The number of rotatable bonds is 2. The Labute approximate surface area is 137 Å². The number of ether oxygens (including phenoxy) is 4. The highest BCUT2D eigenvalue weighted by Crippen LogP contribution is 2.41. The van der Waals surface area contributed by atoms with Gasteiger partial charge in [-0.25, -0.2) is 4.79 Å². The van der Waals surface area contributed by atoms with Crippen LogP contribution in [0, 0.1) is 0 Å². The number of Topliss-reactive ketones (excluding diaryl/α,β-unsaturated/α-hetero) is 1. The Balaban J connectivity index is 1.85. The van der Waals surface area contributed by atoms with E-state index in [0.717, 1.165) is 0 Å². The van der Waals surface area contributed by atoms with Gasteiger partial charge in [0.2, 0.25) is 11.5 Å². The molecule has 0 saturated heterocycles. The highest BCUT2D eigenvalue weighted by Gasteiger charge is 2.38.